The second kappa shape index (κ2) is 11.1. The molecule has 0 atom stereocenters. The lowest BCUT2D eigenvalue weighted by Gasteiger charge is -2.40. The van der Waals surface area contributed by atoms with Crippen LogP contribution in [0.5, 0.6) is 5.75 Å². The van der Waals surface area contributed by atoms with E-state index in [1.54, 1.807) is 0 Å². The lowest BCUT2D eigenvalue weighted by atomic mass is 9.94. The molecule has 0 radical (unpaired) electrons. The van der Waals surface area contributed by atoms with Crippen molar-refractivity contribution in [3.63, 3.8) is 0 Å². The van der Waals surface area contributed by atoms with Crippen LogP contribution in [0, 0.1) is 0 Å². The van der Waals surface area contributed by atoms with E-state index in [4.69, 9.17) is 9.94 Å². The molecule has 0 aromatic carbocycles. The smallest absolute Gasteiger partial charge is 0.456 e. The lowest BCUT2D eigenvalue weighted by Crippen LogP contribution is -2.60. The van der Waals surface area contributed by atoms with Crippen LogP contribution >= 0.6 is 12.4 Å². The van der Waals surface area contributed by atoms with Gasteiger partial charge < -0.3 is 9.47 Å². The number of pyridine rings is 1. The minimum Gasteiger partial charge on any atom is -0.485 e. The molecule has 3 rings (SSSR count). The van der Waals surface area contributed by atoms with E-state index in [-0.39, 0.29) is 63.2 Å². The van der Waals surface area contributed by atoms with Crippen molar-refractivity contribution in [1.82, 2.24) is 14.8 Å². The molecule has 2 aliphatic heterocycles. The van der Waals surface area contributed by atoms with Crippen molar-refractivity contribution < 1.29 is 49.8 Å². The molecule has 0 aliphatic carbocycles. The fraction of sp³-hybridized carbons (Fsp3) is 0.684. The Bertz CT molecular complexity index is 966. The topological polar surface area (TPSA) is 118 Å². The number of carbonyl (C=O) groups is 1. The molecule has 2 N–H and O–H groups in total. The summed E-state index contributed by atoms with van der Waals surface area (Å²) >= 11 is 0. The van der Waals surface area contributed by atoms with Crippen molar-refractivity contribution in [2.24, 2.45) is 0 Å². The van der Waals surface area contributed by atoms with Crippen molar-refractivity contribution in [3.05, 3.63) is 24.0 Å². The van der Waals surface area contributed by atoms with E-state index < -0.39 is 39.4 Å². The Morgan fingerprint density at radius 2 is 1.80 bits per heavy atom. The normalized spacial score (nSPS) is 20.1. The molecule has 2 saturated heterocycles. The first kappa shape index (κ1) is 29.4. The molecule has 200 valence electrons. The fourth-order valence-electron chi connectivity index (χ4n) is 4.02. The van der Waals surface area contributed by atoms with Gasteiger partial charge in [-0.15, -0.1) is 12.4 Å². The average molecular weight is 554 g/mol. The molecule has 0 spiro atoms. The van der Waals surface area contributed by atoms with Gasteiger partial charge in [-0.2, -0.15) is 22.0 Å². The van der Waals surface area contributed by atoms with E-state index >= 15 is 0 Å². The summed E-state index contributed by atoms with van der Waals surface area (Å²) in [5.41, 5.74) is 1.96. The van der Waals surface area contributed by atoms with E-state index in [0.29, 0.717) is 18.5 Å². The highest BCUT2D eigenvalue weighted by Gasteiger charge is 2.58. The largest absolute Gasteiger partial charge is 0.485 e. The zero-order valence-corrected chi connectivity index (χ0v) is 19.9. The van der Waals surface area contributed by atoms with Gasteiger partial charge in [0.25, 0.3) is 5.91 Å². The summed E-state index contributed by atoms with van der Waals surface area (Å²) < 4.78 is 98.3. The standard InChI is InChI=1S/C19H24F5N3O6S.ClH/c20-18(21,19(22,23)24)12-33-14-1-2-15(25-11-14)13-3-7-27(8-4-13)34(30,31)17(16(28)26-29)5-9-32-10-6-17;/h1-2,11,13,29H,3-10,12H2,(H,26,28);1H. The molecule has 2 fully saturated rings. The molecule has 1 aromatic rings. The van der Waals surface area contributed by atoms with Crippen LogP contribution in [0.15, 0.2) is 18.3 Å². The van der Waals surface area contributed by atoms with E-state index in [0.717, 1.165) is 6.20 Å². The average Bonchev–Trinajstić information content (AvgIpc) is 2.82. The molecule has 3 heterocycles. The number of rotatable bonds is 7. The van der Waals surface area contributed by atoms with Crippen LogP contribution in [0.4, 0.5) is 22.0 Å². The number of nitrogens with one attached hydrogen (secondary N) is 1. The third kappa shape index (κ3) is 5.96. The van der Waals surface area contributed by atoms with Crippen LogP contribution in [0.3, 0.4) is 0 Å². The van der Waals surface area contributed by atoms with Crippen molar-refractivity contribution in [2.45, 2.75) is 48.4 Å². The van der Waals surface area contributed by atoms with Gasteiger partial charge in [0, 0.05) is 50.8 Å². The van der Waals surface area contributed by atoms with E-state index in [1.165, 1.54) is 21.9 Å². The van der Waals surface area contributed by atoms with Gasteiger partial charge in [-0.25, -0.2) is 18.2 Å². The second-order valence-electron chi connectivity index (χ2n) is 8.14. The highest BCUT2D eigenvalue weighted by atomic mass is 35.5. The van der Waals surface area contributed by atoms with Crippen molar-refractivity contribution in [3.8, 4) is 5.75 Å². The SMILES string of the molecule is Cl.O=C(NO)C1(S(=O)(=O)N2CCC(c3ccc(OCC(F)(F)C(F)(F)F)cn3)CC2)CCOCC1. The minimum absolute atomic E-state index is 0. The number of alkyl halides is 5. The number of nitrogens with zero attached hydrogens (tertiary/aromatic N) is 2. The summed E-state index contributed by atoms with van der Waals surface area (Å²) in [7, 11) is -4.13. The zero-order valence-electron chi connectivity index (χ0n) is 18.3. The lowest BCUT2D eigenvalue weighted by molar-refractivity contribution is -0.290. The number of carbonyl (C=O) groups excluding carboxylic acids is 1. The molecule has 0 saturated carbocycles. The third-order valence-electron chi connectivity index (χ3n) is 6.12. The Kier molecular flexibility index (Phi) is 9.30. The van der Waals surface area contributed by atoms with Crippen molar-refractivity contribution in [1.29, 1.82) is 0 Å². The molecule has 1 amide bonds. The zero-order chi connectivity index (χ0) is 25.2. The Balaban J connectivity index is 0.00000432. The number of hydrogen-bond donors (Lipinski definition) is 2. The number of halogens is 6. The Morgan fingerprint density at radius 1 is 1.20 bits per heavy atom. The number of hydrogen-bond acceptors (Lipinski definition) is 7. The van der Waals surface area contributed by atoms with Crippen LogP contribution in [0.25, 0.3) is 0 Å². The van der Waals surface area contributed by atoms with Crippen molar-refractivity contribution in [2.75, 3.05) is 32.9 Å². The number of aromatic nitrogens is 1. The van der Waals surface area contributed by atoms with Gasteiger partial charge in [-0.05, 0) is 25.0 Å². The summed E-state index contributed by atoms with van der Waals surface area (Å²) in [6.45, 7) is -1.62. The van der Waals surface area contributed by atoms with E-state index in [1.807, 2.05) is 0 Å². The van der Waals surface area contributed by atoms with Gasteiger partial charge in [0.1, 0.15) is 5.75 Å². The molecule has 0 bridgehead atoms. The van der Waals surface area contributed by atoms with Crippen LogP contribution in [0.1, 0.15) is 37.3 Å². The second-order valence-corrected chi connectivity index (χ2v) is 10.4. The number of hydroxylamine groups is 1. The molecule has 16 heteroatoms. The highest BCUT2D eigenvalue weighted by Crippen LogP contribution is 2.38. The monoisotopic (exact) mass is 553 g/mol. The van der Waals surface area contributed by atoms with E-state index in [2.05, 4.69) is 9.72 Å². The van der Waals surface area contributed by atoms with E-state index in [9.17, 15) is 35.2 Å². The molecule has 2 aliphatic rings. The number of amides is 1. The molecular formula is C19H25ClF5N3O6S. The maximum Gasteiger partial charge on any atom is 0.456 e. The summed E-state index contributed by atoms with van der Waals surface area (Å²) in [6, 6.07) is 2.65. The molecular weight excluding hydrogens is 529 g/mol. The fourth-order valence-corrected chi connectivity index (χ4v) is 6.17. The molecule has 0 unspecified atom stereocenters. The Labute approximate surface area is 204 Å². The van der Waals surface area contributed by atoms with Gasteiger partial charge in [-0.3, -0.25) is 15.0 Å². The number of sulfonamides is 1. The first-order valence-corrected chi connectivity index (χ1v) is 11.8. The number of piperidine rings is 1. The van der Waals surface area contributed by atoms with Gasteiger partial charge in [0.2, 0.25) is 10.0 Å². The summed E-state index contributed by atoms with van der Waals surface area (Å²) in [5.74, 6) is -6.47. The Morgan fingerprint density at radius 3 is 2.29 bits per heavy atom. The van der Waals surface area contributed by atoms with Crippen LogP contribution in [0.2, 0.25) is 0 Å². The molecule has 1 aromatic heterocycles. The molecule has 35 heavy (non-hydrogen) atoms. The minimum atomic E-state index is -5.73. The third-order valence-corrected chi connectivity index (χ3v) is 8.74. The summed E-state index contributed by atoms with van der Waals surface area (Å²) in [6.07, 6.45) is -4.21. The predicted molar refractivity (Wildman–Crippen MR) is 113 cm³/mol. The Hall–Kier alpha value is -1.81. The van der Waals surface area contributed by atoms with Gasteiger partial charge in [-0.1, -0.05) is 0 Å². The first-order valence-electron chi connectivity index (χ1n) is 10.4. The van der Waals surface area contributed by atoms with Crippen LogP contribution in [-0.4, -0.2) is 78.6 Å². The summed E-state index contributed by atoms with van der Waals surface area (Å²) in [5, 5.41) is 9.11. The predicted octanol–water partition coefficient (Wildman–Crippen LogP) is 2.64. The molecule has 9 nitrogen and oxygen atoms in total. The first-order chi connectivity index (χ1) is 15.8. The maximum absolute atomic E-state index is 13.3. The number of ether oxygens (including phenoxy) is 2. The van der Waals surface area contributed by atoms with Gasteiger partial charge in [0.05, 0.1) is 6.20 Å². The van der Waals surface area contributed by atoms with Gasteiger partial charge in [0.15, 0.2) is 11.4 Å². The van der Waals surface area contributed by atoms with Crippen LogP contribution < -0.4 is 10.2 Å². The maximum atomic E-state index is 13.3. The summed E-state index contributed by atoms with van der Waals surface area (Å²) in [4.78, 5) is 16.4. The van der Waals surface area contributed by atoms with Crippen LogP contribution in [-0.2, 0) is 19.6 Å². The quantitative estimate of drug-likeness (QED) is 0.303. The van der Waals surface area contributed by atoms with Crippen molar-refractivity contribution >= 4 is 28.3 Å². The van der Waals surface area contributed by atoms with Gasteiger partial charge >= 0.3 is 12.1 Å². The highest BCUT2D eigenvalue weighted by molar-refractivity contribution is 7.91.